The molecule has 1 N–H and O–H groups in total. The van der Waals surface area contributed by atoms with Crippen molar-refractivity contribution in [2.45, 2.75) is 38.5 Å². The van der Waals surface area contributed by atoms with E-state index < -0.39 is 0 Å². The molecular formula is C60H48N2. The fraction of sp³-hybridized carbons (Fsp3) is 0.100. The zero-order valence-electron chi connectivity index (χ0n) is 35.7. The number of hydrogen-bond acceptors (Lipinski definition) is 2. The summed E-state index contributed by atoms with van der Waals surface area (Å²) in [5.74, 6) is 0. The summed E-state index contributed by atoms with van der Waals surface area (Å²) in [5.41, 5.74) is 15.4. The standard InChI is InChI=1S/C60H48N2/c1-59(2,50-18-6-5-7-19-50)54-38-48(28-32-56(54)61-51-30-26-40-14-8-10-16-42(40)36-51)46-24-22-45-35-47(25-23-44(45)34-46)49-29-33-58-55(39-49)60(3,4)53-20-12-13-21-57(53)62(58)52-31-27-41-15-9-11-17-43(41)37-52/h5-39,61H,1-4H3. The summed E-state index contributed by atoms with van der Waals surface area (Å²) < 4.78 is 0. The first-order valence-corrected chi connectivity index (χ1v) is 21.7. The molecule has 0 aromatic heterocycles. The van der Waals surface area contributed by atoms with Crippen LogP contribution in [0.2, 0.25) is 0 Å². The van der Waals surface area contributed by atoms with Gasteiger partial charge in [0.2, 0.25) is 0 Å². The second-order valence-corrected chi connectivity index (χ2v) is 18.0. The highest BCUT2D eigenvalue weighted by Gasteiger charge is 2.37. The lowest BCUT2D eigenvalue weighted by Gasteiger charge is -2.42. The van der Waals surface area contributed by atoms with Crippen molar-refractivity contribution < 1.29 is 0 Å². The van der Waals surface area contributed by atoms with E-state index >= 15 is 0 Å². The fourth-order valence-corrected chi connectivity index (χ4v) is 9.86. The zero-order valence-corrected chi connectivity index (χ0v) is 35.7. The summed E-state index contributed by atoms with van der Waals surface area (Å²) in [5, 5.41) is 11.2. The molecule has 0 atom stereocenters. The summed E-state index contributed by atoms with van der Waals surface area (Å²) in [6.45, 7) is 9.39. The van der Waals surface area contributed by atoms with E-state index in [1.165, 1.54) is 93.9 Å². The van der Waals surface area contributed by atoms with Crippen LogP contribution in [0.4, 0.5) is 28.4 Å². The molecule has 11 rings (SSSR count). The molecule has 0 radical (unpaired) electrons. The van der Waals surface area contributed by atoms with Crippen LogP contribution in [-0.4, -0.2) is 0 Å². The third-order valence-electron chi connectivity index (χ3n) is 13.4. The number of para-hydroxylation sites is 1. The van der Waals surface area contributed by atoms with Gasteiger partial charge in [-0.25, -0.2) is 0 Å². The highest BCUT2D eigenvalue weighted by molar-refractivity contribution is 5.95. The molecule has 0 spiro atoms. The Morgan fingerprint density at radius 1 is 0.403 bits per heavy atom. The highest BCUT2D eigenvalue weighted by atomic mass is 15.2. The van der Waals surface area contributed by atoms with Crippen LogP contribution in [0.5, 0.6) is 0 Å². The van der Waals surface area contributed by atoms with Crippen LogP contribution in [0.3, 0.4) is 0 Å². The summed E-state index contributed by atoms with van der Waals surface area (Å²) >= 11 is 0. The van der Waals surface area contributed by atoms with Crippen molar-refractivity contribution in [3.8, 4) is 22.3 Å². The summed E-state index contributed by atoms with van der Waals surface area (Å²) in [7, 11) is 0. The van der Waals surface area contributed by atoms with Crippen LogP contribution in [-0.2, 0) is 10.8 Å². The Labute approximate surface area is 364 Å². The van der Waals surface area contributed by atoms with E-state index in [1.54, 1.807) is 0 Å². The van der Waals surface area contributed by atoms with Gasteiger partial charge in [-0.05, 0) is 144 Å². The highest BCUT2D eigenvalue weighted by Crippen LogP contribution is 2.53. The Morgan fingerprint density at radius 3 is 1.65 bits per heavy atom. The molecule has 62 heavy (non-hydrogen) atoms. The first-order chi connectivity index (χ1) is 30.2. The smallest absolute Gasteiger partial charge is 0.0503 e. The van der Waals surface area contributed by atoms with Crippen LogP contribution >= 0.6 is 0 Å². The lowest BCUT2D eigenvalue weighted by molar-refractivity contribution is 0.632. The van der Waals surface area contributed by atoms with Crippen molar-refractivity contribution in [3.05, 3.63) is 235 Å². The van der Waals surface area contributed by atoms with Gasteiger partial charge in [0, 0.05) is 27.9 Å². The van der Waals surface area contributed by atoms with E-state index in [1.807, 2.05) is 0 Å². The SMILES string of the molecule is CC(C)(c1ccccc1)c1cc(-c2ccc3cc(-c4ccc5c(c4)C(C)(C)c4ccccc4N5c4ccc5ccccc5c4)ccc3c2)ccc1Nc1ccc2ccccc2c1. The predicted molar refractivity (Wildman–Crippen MR) is 265 cm³/mol. The molecule has 0 aliphatic carbocycles. The zero-order chi connectivity index (χ0) is 42.0. The molecule has 0 bridgehead atoms. The van der Waals surface area contributed by atoms with Crippen LogP contribution in [0.1, 0.15) is 49.9 Å². The Hall–Kier alpha value is -7.42. The maximum atomic E-state index is 3.81. The first kappa shape index (κ1) is 37.6. The van der Waals surface area contributed by atoms with Crippen molar-refractivity contribution in [2.75, 3.05) is 10.2 Å². The Balaban J connectivity index is 0.953. The van der Waals surface area contributed by atoms with E-state index in [4.69, 9.17) is 0 Å². The van der Waals surface area contributed by atoms with E-state index in [2.05, 4.69) is 250 Å². The number of fused-ring (bicyclic) bond motifs is 5. The quantitative estimate of drug-likeness (QED) is 0.173. The number of nitrogens with zero attached hydrogens (tertiary/aromatic N) is 1. The van der Waals surface area contributed by atoms with Gasteiger partial charge < -0.3 is 10.2 Å². The fourth-order valence-electron chi connectivity index (χ4n) is 9.86. The Morgan fingerprint density at radius 2 is 0.919 bits per heavy atom. The van der Waals surface area contributed by atoms with Crippen molar-refractivity contribution in [1.82, 2.24) is 0 Å². The number of nitrogens with one attached hydrogen (secondary N) is 1. The molecular weight excluding hydrogens is 749 g/mol. The van der Waals surface area contributed by atoms with E-state index in [0.29, 0.717) is 0 Å². The molecule has 10 aromatic rings. The van der Waals surface area contributed by atoms with Gasteiger partial charge in [0.1, 0.15) is 0 Å². The maximum Gasteiger partial charge on any atom is 0.0503 e. The molecule has 298 valence electrons. The average Bonchev–Trinajstić information content (AvgIpc) is 3.31. The van der Waals surface area contributed by atoms with E-state index in [0.717, 1.165) is 11.4 Å². The van der Waals surface area contributed by atoms with Crippen molar-refractivity contribution in [3.63, 3.8) is 0 Å². The second kappa shape index (κ2) is 14.6. The summed E-state index contributed by atoms with van der Waals surface area (Å²) in [6, 6.07) is 78.2. The minimum Gasteiger partial charge on any atom is -0.355 e. The summed E-state index contributed by atoms with van der Waals surface area (Å²) in [6.07, 6.45) is 0. The third-order valence-corrected chi connectivity index (χ3v) is 13.4. The van der Waals surface area contributed by atoms with Gasteiger partial charge >= 0.3 is 0 Å². The molecule has 10 aromatic carbocycles. The van der Waals surface area contributed by atoms with Crippen LogP contribution in [0.15, 0.2) is 212 Å². The lowest BCUT2D eigenvalue weighted by Crippen LogP contribution is -2.30. The normalized spacial score (nSPS) is 13.3. The largest absolute Gasteiger partial charge is 0.355 e. The van der Waals surface area contributed by atoms with Crippen molar-refractivity contribution in [2.24, 2.45) is 0 Å². The molecule has 0 unspecified atom stereocenters. The van der Waals surface area contributed by atoms with Crippen molar-refractivity contribution >= 4 is 60.8 Å². The van der Waals surface area contributed by atoms with Gasteiger partial charge in [0.05, 0.1) is 11.4 Å². The van der Waals surface area contributed by atoms with Crippen LogP contribution in [0, 0.1) is 0 Å². The molecule has 0 fully saturated rings. The van der Waals surface area contributed by atoms with Gasteiger partial charge in [-0.1, -0.05) is 173 Å². The summed E-state index contributed by atoms with van der Waals surface area (Å²) in [4.78, 5) is 2.45. The molecule has 0 amide bonds. The number of rotatable bonds is 7. The van der Waals surface area contributed by atoms with Crippen molar-refractivity contribution in [1.29, 1.82) is 0 Å². The Kier molecular flexibility index (Phi) is 8.87. The topological polar surface area (TPSA) is 15.3 Å². The average molecular weight is 797 g/mol. The van der Waals surface area contributed by atoms with Gasteiger partial charge in [0.25, 0.3) is 0 Å². The molecule has 0 saturated carbocycles. The monoisotopic (exact) mass is 796 g/mol. The second-order valence-electron chi connectivity index (χ2n) is 18.0. The number of benzene rings is 10. The van der Waals surface area contributed by atoms with E-state index in [9.17, 15) is 0 Å². The molecule has 1 heterocycles. The number of hydrogen-bond donors (Lipinski definition) is 1. The predicted octanol–water partition coefficient (Wildman–Crippen LogP) is 16.7. The molecule has 1 aliphatic rings. The number of anilines is 5. The molecule has 2 nitrogen and oxygen atoms in total. The minimum atomic E-state index is -0.250. The van der Waals surface area contributed by atoms with Gasteiger partial charge in [-0.2, -0.15) is 0 Å². The lowest BCUT2D eigenvalue weighted by atomic mass is 9.73. The first-order valence-electron chi connectivity index (χ1n) is 21.7. The van der Waals surface area contributed by atoms with E-state index in [-0.39, 0.29) is 10.8 Å². The van der Waals surface area contributed by atoms with Gasteiger partial charge in [0.15, 0.2) is 0 Å². The third kappa shape index (κ3) is 6.42. The minimum absolute atomic E-state index is 0.185. The molecule has 1 aliphatic heterocycles. The molecule has 0 saturated heterocycles. The molecule has 2 heteroatoms. The van der Waals surface area contributed by atoms with Crippen LogP contribution in [0.25, 0.3) is 54.6 Å². The van der Waals surface area contributed by atoms with Crippen LogP contribution < -0.4 is 10.2 Å². The maximum absolute atomic E-state index is 3.81. The van der Waals surface area contributed by atoms with Gasteiger partial charge in [-0.3, -0.25) is 0 Å². The van der Waals surface area contributed by atoms with Gasteiger partial charge in [-0.15, -0.1) is 0 Å². The Bertz CT molecular complexity index is 3280.